The smallest absolute Gasteiger partial charge is 0.409 e. The first-order valence-corrected chi connectivity index (χ1v) is 5.04. The molecular weight excluding hydrogens is 182 g/mol. The summed E-state index contributed by atoms with van der Waals surface area (Å²) in [6, 6.07) is 0.499. The van der Waals surface area contributed by atoms with Crippen LogP contribution in [0.4, 0.5) is 4.79 Å². The van der Waals surface area contributed by atoms with Crippen molar-refractivity contribution >= 4 is 6.09 Å². The molecule has 5 nitrogen and oxygen atoms in total. The van der Waals surface area contributed by atoms with Crippen molar-refractivity contribution < 1.29 is 9.53 Å². The van der Waals surface area contributed by atoms with Crippen molar-refractivity contribution in [2.45, 2.75) is 18.9 Å². The van der Waals surface area contributed by atoms with Crippen molar-refractivity contribution in [1.82, 2.24) is 10.2 Å². The number of hydrogen-bond donors (Lipinski definition) is 2. The van der Waals surface area contributed by atoms with E-state index in [1.54, 1.807) is 4.90 Å². The highest BCUT2D eigenvalue weighted by molar-refractivity contribution is 5.67. The maximum Gasteiger partial charge on any atom is 0.409 e. The second kappa shape index (κ2) is 5.82. The fourth-order valence-electron chi connectivity index (χ4n) is 1.68. The van der Waals surface area contributed by atoms with Crippen LogP contribution in [0.2, 0.25) is 0 Å². The zero-order chi connectivity index (χ0) is 10.4. The molecule has 82 valence electrons. The molecule has 1 rings (SSSR count). The average molecular weight is 201 g/mol. The summed E-state index contributed by atoms with van der Waals surface area (Å²) >= 11 is 0. The lowest BCUT2D eigenvalue weighted by atomic mass is 10.1. The van der Waals surface area contributed by atoms with Gasteiger partial charge in [-0.25, -0.2) is 4.79 Å². The third-order valence-corrected chi connectivity index (χ3v) is 2.51. The van der Waals surface area contributed by atoms with Gasteiger partial charge in [-0.1, -0.05) is 0 Å². The molecule has 0 aromatic heterocycles. The number of likely N-dealkylation sites (tertiary alicyclic amines) is 1. The lowest BCUT2D eigenvalue weighted by Gasteiger charge is -2.31. The molecule has 0 unspecified atom stereocenters. The Morgan fingerprint density at radius 2 is 2.21 bits per heavy atom. The highest BCUT2D eigenvalue weighted by Crippen LogP contribution is 2.10. The Hall–Kier alpha value is -0.810. The maximum atomic E-state index is 11.2. The van der Waals surface area contributed by atoms with Gasteiger partial charge in [0.25, 0.3) is 0 Å². The Bertz CT molecular complexity index is 179. The number of nitrogens with one attached hydrogen (secondary N) is 1. The van der Waals surface area contributed by atoms with Gasteiger partial charge in [0.05, 0.1) is 7.11 Å². The summed E-state index contributed by atoms with van der Waals surface area (Å²) in [4.78, 5) is 12.9. The Balaban J connectivity index is 2.20. The topological polar surface area (TPSA) is 67.6 Å². The van der Waals surface area contributed by atoms with Crippen LogP contribution in [0.25, 0.3) is 0 Å². The van der Waals surface area contributed by atoms with Crippen LogP contribution in [0.1, 0.15) is 12.8 Å². The predicted octanol–water partition coefficient (Wildman–Crippen LogP) is -0.234. The Kier molecular flexibility index (Phi) is 4.69. The van der Waals surface area contributed by atoms with Crippen molar-refractivity contribution in [3.8, 4) is 0 Å². The summed E-state index contributed by atoms with van der Waals surface area (Å²) in [6.45, 7) is 3.06. The minimum Gasteiger partial charge on any atom is -0.453 e. The van der Waals surface area contributed by atoms with Gasteiger partial charge in [-0.2, -0.15) is 0 Å². The summed E-state index contributed by atoms with van der Waals surface area (Å²) in [5, 5.41) is 3.34. The van der Waals surface area contributed by atoms with E-state index in [1.807, 2.05) is 0 Å². The molecule has 0 saturated carbocycles. The molecule has 14 heavy (non-hydrogen) atoms. The molecule has 0 aromatic carbocycles. The van der Waals surface area contributed by atoms with Crippen LogP contribution < -0.4 is 11.1 Å². The van der Waals surface area contributed by atoms with E-state index in [2.05, 4.69) is 10.1 Å². The lowest BCUT2D eigenvalue weighted by Crippen LogP contribution is -2.45. The second-order valence-electron chi connectivity index (χ2n) is 3.47. The number of rotatable bonds is 3. The Morgan fingerprint density at radius 1 is 1.57 bits per heavy atom. The number of carbonyl (C=O) groups is 1. The SMILES string of the molecule is COC(=O)N1CCC(NCCN)CC1. The monoisotopic (exact) mass is 201 g/mol. The summed E-state index contributed by atoms with van der Waals surface area (Å²) in [5.74, 6) is 0. The van der Waals surface area contributed by atoms with Crippen LogP contribution in [-0.2, 0) is 4.74 Å². The third kappa shape index (κ3) is 3.16. The summed E-state index contributed by atoms with van der Waals surface area (Å²) in [7, 11) is 1.42. The van der Waals surface area contributed by atoms with Gasteiger partial charge in [-0.05, 0) is 12.8 Å². The molecule has 1 aliphatic rings. The van der Waals surface area contributed by atoms with E-state index in [0.717, 1.165) is 32.5 Å². The van der Waals surface area contributed by atoms with E-state index < -0.39 is 0 Å². The number of piperidine rings is 1. The number of nitrogens with two attached hydrogens (primary N) is 1. The van der Waals surface area contributed by atoms with E-state index >= 15 is 0 Å². The molecule has 0 radical (unpaired) electrons. The molecule has 0 aromatic rings. The van der Waals surface area contributed by atoms with Crippen molar-refractivity contribution in [2.75, 3.05) is 33.3 Å². The summed E-state index contributed by atoms with van der Waals surface area (Å²) < 4.78 is 4.65. The molecule has 1 amide bonds. The van der Waals surface area contributed by atoms with Gasteiger partial charge < -0.3 is 20.7 Å². The number of amides is 1. The number of ether oxygens (including phenoxy) is 1. The van der Waals surface area contributed by atoms with Crippen LogP contribution >= 0.6 is 0 Å². The molecular formula is C9H19N3O2. The van der Waals surface area contributed by atoms with Gasteiger partial charge in [-0.3, -0.25) is 0 Å². The Labute approximate surface area is 84.6 Å². The minimum atomic E-state index is -0.220. The zero-order valence-electron chi connectivity index (χ0n) is 8.66. The molecule has 1 saturated heterocycles. The van der Waals surface area contributed by atoms with Crippen LogP contribution in [0.3, 0.4) is 0 Å². The summed E-state index contributed by atoms with van der Waals surface area (Å²) in [6.07, 6.45) is 1.74. The van der Waals surface area contributed by atoms with Crippen molar-refractivity contribution in [1.29, 1.82) is 0 Å². The van der Waals surface area contributed by atoms with Gasteiger partial charge in [-0.15, -0.1) is 0 Å². The fraction of sp³-hybridized carbons (Fsp3) is 0.889. The maximum absolute atomic E-state index is 11.2. The molecule has 0 bridgehead atoms. The van der Waals surface area contributed by atoms with Gasteiger partial charge in [0.15, 0.2) is 0 Å². The van der Waals surface area contributed by atoms with Crippen LogP contribution in [0.5, 0.6) is 0 Å². The van der Waals surface area contributed by atoms with Crippen LogP contribution in [0, 0.1) is 0 Å². The van der Waals surface area contributed by atoms with Gasteiger partial charge in [0.2, 0.25) is 0 Å². The van der Waals surface area contributed by atoms with E-state index in [0.29, 0.717) is 12.6 Å². The van der Waals surface area contributed by atoms with Gasteiger partial charge in [0.1, 0.15) is 0 Å². The highest BCUT2D eigenvalue weighted by Gasteiger charge is 2.22. The number of carbonyl (C=O) groups excluding carboxylic acids is 1. The molecule has 3 N–H and O–H groups in total. The van der Waals surface area contributed by atoms with Crippen molar-refractivity contribution in [3.63, 3.8) is 0 Å². The molecule has 5 heteroatoms. The number of hydrogen-bond acceptors (Lipinski definition) is 4. The first-order valence-electron chi connectivity index (χ1n) is 5.04. The minimum absolute atomic E-state index is 0.220. The number of nitrogens with zero attached hydrogens (tertiary/aromatic N) is 1. The average Bonchev–Trinajstić information content (AvgIpc) is 2.26. The second-order valence-corrected chi connectivity index (χ2v) is 3.47. The quantitative estimate of drug-likeness (QED) is 0.661. The fourth-order valence-corrected chi connectivity index (χ4v) is 1.68. The first-order chi connectivity index (χ1) is 6.77. The lowest BCUT2D eigenvalue weighted by molar-refractivity contribution is 0.110. The predicted molar refractivity (Wildman–Crippen MR) is 54.1 cm³/mol. The summed E-state index contributed by atoms with van der Waals surface area (Å²) in [5.41, 5.74) is 5.40. The van der Waals surface area contributed by atoms with E-state index in [9.17, 15) is 4.79 Å². The molecule has 0 atom stereocenters. The van der Waals surface area contributed by atoms with Gasteiger partial charge >= 0.3 is 6.09 Å². The van der Waals surface area contributed by atoms with E-state index in [-0.39, 0.29) is 6.09 Å². The van der Waals surface area contributed by atoms with Crippen LogP contribution in [0.15, 0.2) is 0 Å². The normalized spacial score (nSPS) is 18.3. The molecule has 0 spiro atoms. The van der Waals surface area contributed by atoms with E-state index in [1.165, 1.54) is 7.11 Å². The largest absolute Gasteiger partial charge is 0.453 e. The zero-order valence-corrected chi connectivity index (χ0v) is 8.66. The number of methoxy groups -OCH3 is 1. The molecule has 1 fully saturated rings. The Morgan fingerprint density at radius 3 is 2.71 bits per heavy atom. The van der Waals surface area contributed by atoms with E-state index in [4.69, 9.17) is 5.73 Å². The molecule has 1 aliphatic heterocycles. The van der Waals surface area contributed by atoms with Crippen molar-refractivity contribution in [2.24, 2.45) is 5.73 Å². The highest BCUT2D eigenvalue weighted by atomic mass is 16.5. The third-order valence-electron chi connectivity index (χ3n) is 2.51. The molecule has 1 heterocycles. The molecule has 0 aliphatic carbocycles. The van der Waals surface area contributed by atoms with Gasteiger partial charge in [0, 0.05) is 32.2 Å². The van der Waals surface area contributed by atoms with Crippen LogP contribution in [-0.4, -0.2) is 50.3 Å². The van der Waals surface area contributed by atoms with Crippen molar-refractivity contribution in [3.05, 3.63) is 0 Å². The first kappa shape index (κ1) is 11.3. The standard InChI is InChI=1S/C9H19N3O2/c1-14-9(13)12-6-2-8(3-7-12)11-5-4-10/h8,11H,2-7,10H2,1H3.